The van der Waals surface area contributed by atoms with Crippen LogP contribution in [0.4, 0.5) is 4.79 Å². The molecule has 2 heterocycles. The Morgan fingerprint density at radius 1 is 1.30 bits per heavy atom. The fourth-order valence-corrected chi connectivity index (χ4v) is 2.73. The first-order valence-electron chi connectivity index (χ1n) is 7.47. The Hall–Kier alpha value is -2.75. The lowest BCUT2D eigenvalue weighted by atomic mass is 9.91. The second-order valence-corrected chi connectivity index (χ2v) is 5.63. The first kappa shape index (κ1) is 15.2. The SMILES string of the molecule is CC1(c2ccc3c(c2)OCCCO3)NC(=O)N(CCC#N)C1=O. The third kappa shape index (κ3) is 2.57. The van der Waals surface area contributed by atoms with Crippen LogP contribution < -0.4 is 14.8 Å². The quantitative estimate of drug-likeness (QED) is 0.854. The molecule has 7 heteroatoms. The van der Waals surface area contributed by atoms with E-state index in [0.717, 1.165) is 11.3 Å². The number of nitriles is 1. The monoisotopic (exact) mass is 315 g/mol. The summed E-state index contributed by atoms with van der Waals surface area (Å²) >= 11 is 0. The Morgan fingerprint density at radius 3 is 2.78 bits per heavy atom. The van der Waals surface area contributed by atoms with Crippen molar-refractivity contribution in [2.45, 2.75) is 25.3 Å². The van der Waals surface area contributed by atoms with E-state index in [4.69, 9.17) is 14.7 Å². The molecule has 7 nitrogen and oxygen atoms in total. The zero-order valence-corrected chi connectivity index (χ0v) is 12.8. The van der Waals surface area contributed by atoms with Crippen LogP contribution in [0, 0.1) is 11.3 Å². The number of hydrogen-bond acceptors (Lipinski definition) is 5. The van der Waals surface area contributed by atoms with Crippen LogP contribution in [-0.4, -0.2) is 36.6 Å². The van der Waals surface area contributed by atoms with E-state index in [1.165, 1.54) is 0 Å². The molecule has 1 unspecified atom stereocenters. The zero-order chi connectivity index (χ0) is 16.4. The summed E-state index contributed by atoms with van der Waals surface area (Å²) in [7, 11) is 0. The van der Waals surface area contributed by atoms with Crippen LogP contribution in [-0.2, 0) is 10.3 Å². The molecule has 3 amide bonds. The van der Waals surface area contributed by atoms with Crippen molar-refractivity contribution in [3.63, 3.8) is 0 Å². The summed E-state index contributed by atoms with van der Waals surface area (Å²) in [5.74, 6) is 0.832. The maximum absolute atomic E-state index is 12.6. The van der Waals surface area contributed by atoms with Gasteiger partial charge in [-0.3, -0.25) is 9.69 Å². The lowest BCUT2D eigenvalue weighted by molar-refractivity contribution is -0.131. The summed E-state index contributed by atoms with van der Waals surface area (Å²) in [6.45, 7) is 2.86. The van der Waals surface area contributed by atoms with Crippen LogP contribution in [0.3, 0.4) is 0 Å². The molecule has 1 saturated heterocycles. The van der Waals surface area contributed by atoms with E-state index in [9.17, 15) is 9.59 Å². The highest BCUT2D eigenvalue weighted by atomic mass is 16.5. The van der Waals surface area contributed by atoms with Crippen molar-refractivity contribution in [1.82, 2.24) is 10.2 Å². The molecule has 1 aromatic carbocycles. The predicted molar refractivity (Wildman–Crippen MR) is 79.9 cm³/mol. The molecule has 0 radical (unpaired) electrons. The second-order valence-electron chi connectivity index (χ2n) is 5.63. The molecular formula is C16H17N3O4. The van der Waals surface area contributed by atoms with Gasteiger partial charge in [0.1, 0.15) is 5.54 Å². The van der Waals surface area contributed by atoms with Gasteiger partial charge in [0.25, 0.3) is 5.91 Å². The van der Waals surface area contributed by atoms with E-state index in [1.807, 2.05) is 6.07 Å². The van der Waals surface area contributed by atoms with Crippen LogP contribution in [0.2, 0.25) is 0 Å². The van der Waals surface area contributed by atoms with Crippen molar-refractivity contribution in [2.24, 2.45) is 0 Å². The van der Waals surface area contributed by atoms with Crippen molar-refractivity contribution in [1.29, 1.82) is 5.26 Å². The zero-order valence-electron chi connectivity index (χ0n) is 12.8. The predicted octanol–water partition coefficient (Wildman–Crippen LogP) is 1.53. The van der Waals surface area contributed by atoms with Crippen molar-refractivity contribution in [3.05, 3.63) is 23.8 Å². The first-order chi connectivity index (χ1) is 11.1. The normalized spacial score (nSPS) is 23.2. The minimum Gasteiger partial charge on any atom is -0.490 e. The smallest absolute Gasteiger partial charge is 0.325 e. The van der Waals surface area contributed by atoms with E-state index in [-0.39, 0.29) is 18.9 Å². The molecule has 3 rings (SSSR count). The van der Waals surface area contributed by atoms with Gasteiger partial charge in [-0.05, 0) is 24.6 Å². The van der Waals surface area contributed by atoms with Gasteiger partial charge in [0.15, 0.2) is 11.5 Å². The molecule has 0 bridgehead atoms. The number of hydrogen-bond donors (Lipinski definition) is 1. The average molecular weight is 315 g/mol. The van der Waals surface area contributed by atoms with Gasteiger partial charge in [-0.25, -0.2) is 4.79 Å². The summed E-state index contributed by atoms with van der Waals surface area (Å²) in [6.07, 6.45) is 0.898. The number of imide groups is 1. The molecule has 0 spiro atoms. The number of carbonyl (C=O) groups is 2. The van der Waals surface area contributed by atoms with Gasteiger partial charge < -0.3 is 14.8 Å². The van der Waals surface area contributed by atoms with Crippen molar-refractivity contribution in [2.75, 3.05) is 19.8 Å². The number of fused-ring (bicyclic) bond motifs is 1. The van der Waals surface area contributed by atoms with E-state index < -0.39 is 11.6 Å². The van der Waals surface area contributed by atoms with Crippen LogP contribution in [0.15, 0.2) is 18.2 Å². The minimum absolute atomic E-state index is 0.0846. The highest BCUT2D eigenvalue weighted by Gasteiger charge is 2.49. The topological polar surface area (TPSA) is 91.7 Å². The Labute approximate surface area is 133 Å². The van der Waals surface area contributed by atoms with Crippen LogP contribution in [0.25, 0.3) is 0 Å². The lowest BCUT2D eigenvalue weighted by Gasteiger charge is -2.23. The average Bonchev–Trinajstić information content (AvgIpc) is 2.72. The van der Waals surface area contributed by atoms with Crippen LogP contribution >= 0.6 is 0 Å². The van der Waals surface area contributed by atoms with Gasteiger partial charge in [-0.15, -0.1) is 0 Å². The molecule has 0 saturated carbocycles. The van der Waals surface area contributed by atoms with Crippen molar-refractivity contribution < 1.29 is 19.1 Å². The summed E-state index contributed by atoms with van der Waals surface area (Å²) in [6, 6.07) is 6.68. The highest BCUT2D eigenvalue weighted by Crippen LogP contribution is 2.36. The Balaban J connectivity index is 1.92. The van der Waals surface area contributed by atoms with Gasteiger partial charge in [-0.2, -0.15) is 5.26 Å². The van der Waals surface area contributed by atoms with Gasteiger partial charge in [-0.1, -0.05) is 6.07 Å². The number of amides is 3. The summed E-state index contributed by atoms with van der Waals surface area (Å²) in [5, 5.41) is 11.4. The fraction of sp³-hybridized carbons (Fsp3) is 0.438. The minimum atomic E-state index is -1.17. The summed E-state index contributed by atoms with van der Waals surface area (Å²) in [4.78, 5) is 25.8. The lowest BCUT2D eigenvalue weighted by Crippen LogP contribution is -2.41. The van der Waals surface area contributed by atoms with Gasteiger partial charge in [0, 0.05) is 13.0 Å². The largest absolute Gasteiger partial charge is 0.490 e. The number of urea groups is 1. The number of carbonyl (C=O) groups excluding carboxylic acids is 2. The molecule has 120 valence electrons. The fourth-order valence-electron chi connectivity index (χ4n) is 2.73. The maximum Gasteiger partial charge on any atom is 0.325 e. The molecule has 1 atom stereocenters. The van der Waals surface area contributed by atoms with Gasteiger partial charge in [0.2, 0.25) is 0 Å². The third-order valence-electron chi connectivity index (χ3n) is 4.05. The maximum atomic E-state index is 12.6. The molecule has 1 fully saturated rings. The van der Waals surface area contributed by atoms with Gasteiger partial charge in [0.05, 0.1) is 25.7 Å². The standard InChI is InChI=1S/C16H17N3O4/c1-16(14(20)19(7-2-6-17)15(21)18-16)11-4-5-12-13(10-11)23-9-3-8-22-12/h4-5,10H,2-3,7-9H2,1H3,(H,18,21). The van der Waals surface area contributed by atoms with E-state index in [0.29, 0.717) is 30.3 Å². The van der Waals surface area contributed by atoms with Crippen LogP contribution in [0.5, 0.6) is 11.5 Å². The van der Waals surface area contributed by atoms with Crippen molar-refractivity contribution in [3.8, 4) is 17.6 Å². The van der Waals surface area contributed by atoms with E-state index in [2.05, 4.69) is 5.32 Å². The molecule has 2 aliphatic rings. The van der Waals surface area contributed by atoms with Crippen LogP contribution in [0.1, 0.15) is 25.3 Å². The Morgan fingerprint density at radius 2 is 2.04 bits per heavy atom. The Kier molecular flexibility index (Phi) is 3.82. The second kappa shape index (κ2) is 5.80. The molecule has 23 heavy (non-hydrogen) atoms. The number of nitrogens with one attached hydrogen (secondary N) is 1. The summed E-state index contributed by atoms with van der Waals surface area (Å²) in [5.41, 5.74) is -0.545. The molecular weight excluding hydrogens is 298 g/mol. The van der Waals surface area contributed by atoms with Gasteiger partial charge >= 0.3 is 6.03 Å². The highest BCUT2D eigenvalue weighted by molar-refractivity contribution is 6.07. The number of nitrogens with zero attached hydrogens (tertiary/aromatic N) is 2. The van der Waals surface area contributed by atoms with Crippen molar-refractivity contribution >= 4 is 11.9 Å². The number of benzene rings is 1. The van der Waals surface area contributed by atoms with E-state index >= 15 is 0 Å². The molecule has 0 aromatic heterocycles. The molecule has 1 N–H and O–H groups in total. The van der Waals surface area contributed by atoms with E-state index in [1.54, 1.807) is 25.1 Å². The number of ether oxygens (including phenoxy) is 2. The third-order valence-corrected chi connectivity index (χ3v) is 4.05. The first-order valence-corrected chi connectivity index (χ1v) is 7.47. The molecule has 0 aliphatic carbocycles. The summed E-state index contributed by atoms with van der Waals surface area (Å²) < 4.78 is 11.2. The molecule has 2 aliphatic heterocycles. The molecule has 1 aromatic rings. The number of rotatable bonds is 3. The Bertz CT molecular complexity index is 697.